The van der Waals surface area contributed by atoms with Crippen molar-refractivity contribution in [1.82, 2.24) is 0 Å². The van der Waals surface area contributed by atoms with Crippen LogP contribution in [-0.2, 0) is 0 Å². The molecule has 0 aliphatic rings. The van der Waals surface area contributed by atoms with Gasteiger partial charge < -0.3 is 15.2 Å². The summed E-state index contributed by atoms with van der Waals surface area (Å²) in [6.07, 6.45) is 5.72. The highest BCUT2D eigenvalue weighted by Gasteiger charge is 2.03. The number of unbranched alkanes of at least 4 members (excludes halogenated alkanes) is 3. The Bertz CT molecular complexity index is 315. The van der Waals surface area contributed by atoms with Crippen LogP contribution >= 0.6 is 0 Å². The third-order valence-corrected chi connectivity index (χ3v) is 2.71. The van der Waals surface area contributed by atoms with Crippen molar-refractivity contribution in [3.8, 4) is 11.5 Å². The van der Waals surface area contributed by atoms with Gasteiger partial charge in [0, 0.05) is 0 Å². The summed E-state index contributed by atoms with van der Waals surface area (Å²) in [7, 11) is 0. The quantitative estimate of drug-likeness (QED) is 0.648. The van der Waals surface area contributed by atoms with Gasteiger partial charge in [-0.1, -0.05) is 38.3 Å². The van der Waals surface area contributed by atoms with Crippen LogP contribution in [0.3, 0.4) is 0 Å². The van der Waals surface area contributed by atoms with E-state index in [2.05, 4.69) is 6.92 Å². The van der Waals surface area contributed by atoms with E-state index in [1.54, 1.807) is 0 Å². The van der Waals surface area contributed by atoms with Crippen molar-refractivity contribution >= 4 is 0 Å². The second-order valence-electron chi connectivity index (χ2n) is 4.35. The van der Waals surface area contributed by atoms with Crippen molar-refractivity contribution in [2.45, 2.75) is 39.0 Å². The lowest BCUT2D eigenvalue weighted by Crippen LogP contribution is -2.07. The maximum absolute atomic E-state index is 5.76. The minimum atomic E-state index is 0.646. The molecule has 0 atom stereocenters. The summed E-state index contributed by atoms with van der Waals surface area (Å²) in [5.41, 5.74) is 5.45. The first-order valence-corrected chi connectivity index (χ1v) is 6.93. The average molecular weight is 251 g/mol. The van der Waals surface area contributed by atoms with E-state index in [0.717, 1.165) is 30.9 Å². The highest BCUT2D eigenvalue weighted by atomic mass is 16.5. The largest absolute Gasteiger partial charge is 0.490 e. The summed E-state index contributed by atoms with van der Waals surface area (Å²) in [4.78, 5) is 0. The number of para-hydroxylation sites is 2. The summed E-state index contributed by atoms with van der Waals surface area (Å²) in [5, 5.41) is 0. The second kappa shape index (κ2) is 9.77. The van der Waals surface area contributed by atoms with Crippen LogP contribution in [0.15, 0.2) is 24.3 Å². The van der Waals surface area contributed by atoms with E-state index in [1.165, 1.54) is 19.3 Å². The van der Waals surface area contributed by atoms with Crippen LogP contribution in [0.1, 0.15) is 39.0 Å². The van der Waals surface area contributed by atoms with E-state index in [-0.39, 0.29) is 0 Å². The average Bonchev–Trinajstić information content (AvgIpc) is 2.40. The van der Waals surface area contributed by atoms with Gasteiger partial charge in [-0.25, -0.2) is 0 Å². The molecular formula is C15H25NO2. The lowest BCUT2D eigenvalue weighted by atomic mass is 10.2. The number of hydrogen-bond acceptors (Lipinski definition) is 3. The molecule has 3 nitrogen and oxygen atoms in total. The molecule has 0 aromatic heterocycles. The fourth-order valence-corrected chi connectivity index (χ4v) is 1.67. The summed E-state index contributed by atoms with van der Waals surface area (Å²) >= 11 is 0. The molecule has 1 aromatic carbocycles. The third-order valence-electron chi connectivity index (χ3n) is 2.71. The van der Waals surface area contributed by atoms with Gasteiger partial charge >= 0.3 is 0 Å². The summed E-state index contributed by atoms with van der Waals surface area (Å²) in [6.45, 7) is 4.27. The van der Waals surface area contributed by atoms with Gasteiger partial charge in [0.05, 0.1) is 13.2 Å². The van der Waals surface area contributed by atoms with Crippen molar-refractivity contribution in [3.63, 3.8) is 0 Å². The molecule has 0 fully saturated rings. The molecule has 3 heteroatoms. The van der Waals surface area contributed by atoms with Crippen LogP contribution in [0.25, 0.3) is 0 Å². The van der Waals surface area contributed by atoms with Crippen molar-refractivity contribution in [1.29, 1.82) is 0 Å². The minimum absolute atomic E-state index is 0.646. The van der Waals surface area contributed by atoms with Crippen LogP contribution in [0, 0.1) is 0 Å². The lowest BCUT2D eigenvalue weighted by molar-refractivity contribution is 0.262. The molecule has 0 unspecified atom stereocenters. The number of rotatable bonds is 10. The molecule has 0 radical (unpaired) electrons. The number of hydrogen-bond donors (Lipinski definition) is 1. The maximum atomic E-state index is 5.76. The Hall–Kier alpha value is -1.22. The number of benzene rings is 1. The second-order valence-corrected chi connectivity index (χ2v) is 4.35. The zero-order chi connectivity index (χ0) is 13.1. The normalized spacial score (nSPS) is 10.3. The van der Waals surface area contributed by atoms with Gasteiger partial charge in [-0.3, -0.25) is 0 Å². The van der Waals surface area contributed by atoms with Crippen LogP contribution in [0.4, 0.5) is 0 Å². The van der Waals surface area contributed by atoms with Crippen LogP contribution < -0.4 is 15.2 Å². The van der Waals surface area contributed by atoms with E-state index in [0.29, 0.717) is 13.2 Å². The van der Waals surface area contributed by atoms with Crippen LogP contribution in [-0.4, -0.2) is 19.8 Å². The predicted octanol–water partition coefficient (Wildman–Crippen LogP) is 3.37. The smallest absolute Gasteiger partial charge is 0.161 e. The van der Waals surface area contributed by atoms with Crippen molar-refractivity contribution in [2.75, 3.05) is 19.8 Å². The lowest BCUT2D eigenvalue weighted by Gasteiger charge is -2.12. The molecule has 102 valence electrons. The van der Waals surface area contributed by atoms with Crippen molar-refractivity contribution < 1.29 is 9.47 Å². The molecule has 0 spiro atoms. The third kappa shape index (κ3) is 5.92. The van der Waals surface area contributed by atoms with Gasteiger partial charge in [-0.15, -0.1) is 0 Å². The van der Waals surface area contributed by atoms with Crippen molar-refractivity contribution in [2.24, 2.45) is 5.73 Å². The Morgan fingerprint density at radius 2 is 1.50 bits per heavy atom. The zero-order valence-corrected chi connectivity index (χ0v) is 11.4. The molecule has 1 aromatic rings. The number of nitrogens with two attached hydrogens (primary N) is 1. The van der Waals surface area contributed by atoms with Gasteiger partial charge in [-0.05, 0) is 31.5 Å². The Kier molecular flexibility index (Phi) is 8.06. The van der Waals surface area contributed by atoms with E-state index < -0.39 is 0 Å². The molecule has 0 heterocycles. The molecule has 0 amide bonds. The molecule has 2 N–H and O–H groups in total. The monoisotopic (exact) mass is 251 g/mol. The SMILES string of the molecule is CCCCCCOc1ccccc1OCCCN. The Labute approximate surface area is 110 Å². The van der Waals surface area contributed by atoms with Gasteiger partial charge in [0.15, 0.2) is 11.5 Å². The molecule has 0 saturated carbocycles. The fourth-order valence-electron chi connectivity index (χ4n) is 1.67. The van der Waals surface area contributed by atoms with Gasteiger partial charge in [0.2, 0.25) is 0 Å². The molecule has 1 rings (SSSR count). The summed E-state index contributed by atoms with van der Waals surface area (Å²) < 4.78 is 11.4. The molecular weight excluding hydrogens is 226 g/mol. The van der Waals surface area contributed by atoms with E-state index in [9.17, 15) is 0 Å². The summed E-state index contributed by atoms with van der Waals surface area (Å²) in [6, 6.07) is 7.83. The standard InChI is InChI=1S/C15H25NO2/c1-2-3-4-7-12-17-14-9-5-6-10-15(14)18-13-8-11-16/h5-6,9-10H,2-4,7-8,11-13,16H2,1H3. The zero-order valence-electron chi connectivity index (χ0n) is 11.4. The first kappa shape index (κ1) is 14.8. The topological polar surface area (TPSA) is 44.5 Å². The molecule has 0 aliphatic carbocycles. The Balaban J connectivity index is 2.33. The van der Waals surface area contributed by atoms with Gasteiger partial charge in [0.25, 0.3) is 0 Å². The van der Waals surface area contributed by atoms with E-state index in [1.807, 2.05) is 24.3 Å². The maximum Gasteiger partial charge on any atom is 0.161 e. The molecule has 0 aliphatic heterocycles. The van der Waals surface area contributed by atoms with E-state index >= 15 is 0 Å². The first-order valence-electron chi connectivity index (χ1n) is 6.93. The Morgan fingerprint density at radius 1 is 0.889 bits per heavy atom. The minimum Gasteiger partial charge on any atom is -0.490 e. The molecule has 18 heavy (non-hydrogen) atoms. The predicted molar refractivity (Wildman–Crippen MR) is 75.2 cm³/mol. The Morgan fingerprint density at radius 3 is 2.06 bits per heavy atom. The van der Waals surface area contributed by atoms with Crippen LogP contribution in [0.5, 0.6) is 11.5 Å². The van der Waals surface area contributed by atoms with Crippen LogP contribution in [0.2, 0.25) is 0 Å². The molecule has 0 bridgehead atoms. The summed E-state index contributed by atoms with van der Waals surface area (Å²) in [5.74, 6) is 1.66. The van der Waals surface area contributed by atoms with Gasteiger partial charge in [0.1, 0.15) is 0 Å². The van der Waals surface area contributed by atoms with Crippen molar-refractivity contribution in [3.05, 3.63) is 24.3 Å². The molecule has 0 saturated heterocycles. The highest BCUT2D eigenvalue weighted by molar-refractivity contribution is 5.39. The highest BCUT2D eigenvalue weighted by Crippen LogP contribution is 2.26. The first-order chi connectivity index (χ1) is 8.88. The van der Waals surface area contributed by atoms with Gasteiger partial charge in [-0.2, -0.15) is 0 Å². The number of ether oxygens (including phenoxy) is 2. The fraction of sp³-hybridized carbons (Fsp3) is 0.600. The van der Waals surface area contributed by atoms with E-state index in [4.69, 9.17) is 15.2 Å².